The minimum atomic E-state index is -0.0109. The third-order valence-electron chi connectivity index (χ3n) is 4.57. The van der Waals surface area contributed by atoms with Gasteiger partial charge in [-0.05, 0) is 25.3 Å². The lowest BCUT2D eigenvalue weighted by atomic mass is 9.73. The molecule has 1 aromatic rings. The molecule has 0 aromatic heterocycles. The van der Waals surface area contributed by atoms with Crippen molar-refractivity contribution in [3.05, 3.63) is 35.9 Å². The number of likely N-dealkylation sites (tertiary alicyclic amines) is 1. The molecular formula is C17H27N3O2. The van der Waals surface area contributed by atoms with Crippen LogP contribution < -0.4 is 11.1 Å². The van der Waals surface area contributed by atoms with Crippen molar-refractivity contribution in [3.63, 3.8) is 0 Å². The van der Waals surface area contributed by atoms with Crippen LogP contribution >= 0.6 is 0 Å². The van der Waals surface area contributed by atoms with Gasteiger partial charge in [0, 0.05) is 32.2 Å². The van der Waals surface area contributed by atoms with E-state index < -0.39 is 0 Å². The Balaban J connectivity index is 1.95. The van der Waals surface area contributed by atoms with Gasteiger partial charge in [-0.2, -0.15) is 0 Å². The predicted molar refractivity (Wildman–Crippen MR) is 87.9 cm³/mol. The van der Waals surface area contributed by atoms with Crippen molar-refractivity contribution in [2.24, 2.45) is 5.73 Å². The van der Waals surface area contributed by atoms with Gasteiger partial charge < -0.3 is 20.7 Å². The van der Waals surface area contributed by atoms with Gasteiger partial charge in [0.05, 0.1) is 12.6 Å². The van der Waals surface area contributed by atoms with Crippen LogP contribution in [0.2, 0.25) is 0 Å². The van der Waals surface area contributed by atoms with Gasteiger partial charge in [0.1, 0.15) is 0 Å². The van der Waals surface area contributed by atoms with Gasteiger partial charge in [0.2, 0.25) is 0 Å². The van der Waals surface area contributed by atoms with Crippen LogP contribution in [0.5, 0.6) is 0 Å². The lowest BCUT2D eigenvalue weighted by Gasteiger charge is -2.41. The molecular weight excluding hydrogens is 278 g/mol. The third-order valence-corrected chi connectivity index (χ3v) is 4.57. The average Bonchev–Trinajstić information content (AvgIpc) is 2.56. The first-order valence-electron chi connectivity index (χ1n) is 7.91. The summed E-state index contributed by atoms with van der Waals surface area (Å²) < 4.78 is 5.05. The van der Waals surface area contributed by atoms with Gasteiger partial charge in [0.25, 0.3) is 0 Å². The fraction of sp³-hybridized carbons (Fsp3) is 0.588. The Hall–Kier alpha value is -1.59. The molecule has 0 spiro atoms. The zero-order valence-corrected chi connectivity index (χ0v) is 13.5. The summed E-state index contributed by atoms with van der Waals surface area (Å²) in [5.74, 6) is 0. The highest BCUT2D eigenvalue weighted by molar-refractivity contribution is 5.74. The number of nitrogens with zero attached hydrogens (tertiary/aromatic N) is 1. The molecule has 2 rings (SSSR count). The Morgan fingerprint density at radius 3 is 2.55 bits per heavy atom. The van der Waals surface area contributed by atoms with E-state index in [0.29, 0.717) is 13.2 Å². The maximum Gasteiger partial charge on any atom is 0.317 e. The van der Waals surface area contributed by atoms with Crippen LogP contribution in [0.25, 0.3) is 0 Å². The van der Waals surface area contributed by atoms with E-state index in [1.807, 2.05) is 17.9 Å². The van der Waals surface area contributed by atoms with Gasteiger partial charge in [-0.1, -0.05) is 30.3 Å². The number of carbonyl (C=O) groups excluding carboxylic acids is 1. The molecule has 1 atom stereocenters. The summed E-state index contributed by atoms with van der Waals surface area (Å²) in [5, 5.41) is 2.97. The van der Waals surface area contributed by atoms with Gasteiger partial charge >= 0.3 is 6.03 Å². The second kappa shape index (κ2) is 7.61. The van der Waals surface area contributed by atoms with Crippen LogP contribution in [0.3, 0.4) is 0 Å². The zero-order valence-electron chi connectivity index (χ0n) is 13.5. The number of urea groups is 1. The van der Waals surface area contributed by atoms with Crippen molar-refractivity contribution in [2.45, 2.75) is 31.2 Å². The summed E-state index contributed by atoms with van der Waals surface area (Å²) in [6.45, 7) is 4.55. The van der Waals surface area contributed by atoms with Crippen LogP contribution in [0, 0.1) is 0 Å². The number of piperidine rings is 1. The van der Waals surface area contributed by atoms with Crippen LogP contribution in [0.1, 0.15) is 25.3 Å². The predicted octanol–water partition coefficient (Wildman–Crippen LogP) is 1.72. The summed E-state index contributed by atoms with van der Waals surface area (Å²) in [6, 6.07) is 10.4. The van der Waals surface area contributed by atoms with Crippen LogP contribution in [-0.4, -0.2) is 50.3 Å². The lowest BCUT2D eigenvalue weighted by Crippen LogP contribution is -2.52. The molecule has 0 saturated carbocycles. The van der Waals surface area contributed by atoms with Crippen molar-refractivity contribution in [1.29, 1.82) is 0 Å². The van der Waals surface area contributed by atoms with E-state index in [4.69, 9.17) is 10.5 Å². The first kappa shape index (κ1) is 16.8. The molecule has 0 aliphatic carbocycles. The molecule has 22 heavy (non-hydrogen) atoms. The molecule has 5 heteroatoms. The number of methoxy groups -OCH3 is 1. The molecule has 1 aromatic carbocycles. The van der Waals surface area contributed by atoms with Crippen molar-refractivity contribution >= 4 is 6.03 Å². The number of rotatable bonds is 5. The summed E-state index contributed by atoms with van der Waals surface area (Å²) >= 11 is 0. The minimum absolute atomic E-state index is 0.00378. The van der Waals surface area contributed by atoms with Gasteiger partial charge in [-0.15, -0.1) is 0 Å². The van der Waals surface area contributed by atoms with Crippen LogP contribution in [0.4, 0.5) is 4.79 Å². The lowest BCUT2D eigenvalue weighted by molar-refractivity contribution is 0.142. The Bertz CT molecular complexity index is 470. The molecule has 0 bridgehead atoms. The first-order valence-corrected chi connectivity index (χ1v) is 7.91. The van der Waals surface area contributed by atoms with Crippen molar-refractivity contribution < 1.29 is 9.53 Å². The number of benzene rings is 1. The SMILES string of the molecule is COC[C@H](C)NC(=O)N1CCC(CN)(c2ccccc2)CC1. The quantitative estimate of drug-likeness (QED) is 0.870. The Labute approximate surface area is 132 Å². The monoisotopic (exact) mass is 305 g/mol. The van der Waals surface area contributed by atoms with E-state index in [-0.39, 0.29) is 17.5 Å². The number of amides is 2. The molecule has 1 aliphatic rings. The van der Waals surface area contributed by atoms with Crippen molar-refractivity contribution in [1.82, 2.24) is 10.2 Å². The fourth-order valence-electron chi connectivity index (χ4n) is 3.13. The molecule has 1 aliphatic heterocycles. The second-order valence-electron chi connectivity index (χ2n) is 6.14. The Kier molecular flexibility index (Phi) is 5.80. The van der Waals surface area contributed by atoms with E-state index in [0.717, 1.165) is 25.9 Å². The topological polar surface area (TPSA) is 67.6 Å². The Morgan fingerprint density at radius 1 is 1.36 bits per heavy atom. The fourth-order valence-corrected chi connectivity index (χ4v) is 3.13. The van der Waals surface area contributed by atoms with E-state index >= 15 is 0 Å². The number of nitrogens with one attached hydrogen (secondary N) is 1. The molecule has 1 heterocycles. The van der Waals surface area contributed by atoms with Gasteiger partial charge in [-0.25, -0.2) is 4.79 Å². The first-order chi connectivity index (χ1) is 10.6. The average molecular weight is 305 g/mol. The number of nitrogens with two attached hydrogens (primary N) is 1. The molecule has 2 amide bonds. The summed E-state index contributed by atoms with van der Waals surface area (Å²) in [4.78, 5) is 14.1. The maximum absolute atomic E-state index is 12.2. The smallest absolute Gasteiger partial charge is 0.317 e. The highest BCUT2D eigenvalue weighted by Crippen LogP contribution is 2.34. The number of hydrogen-bond donors (Lipinski definition) is 2. The van der Waals surface area contributed by atoms with Crippen molar-refractivity contribution in [2.75, 3.05) is 33.4 Å². The van der Waals surface area contributed by atoms with Gasteiger partial charge in [-0.3, -0.25) is 0 Å². The molecule has 5 nitrogen and oxygen atoms in total. The van der Waals surface area contributed by atoms with Crippen LogP contribution in [-0.2, 0) is 10.2 Å². The standard InChI is InChI=1S/C17H27N3O2/c1-14(12-22-2)19-16(21)20-10-8-17(13-18,9-11-20)15-6-4-3-5-7-15/h3-7,14H,8-13,18H2,1-2H3,(H,19,21)/t14-/m0/s1. The Morgan fingerprint density at radius 2 is 2.00 bits per heavy atom. The molecule has 122 valence electrons. The second-order valence-corrected chi connectivity index (χ2v) is 6.14. The molecule has 0 radical (unpaired) electrons. The maximum atomic E-state index is 12.2. The molecule has 3 N–H and O–H groups in total. The van der Waals surface area contributed by atoms with Crippen LogP contribution in [0.15, 0.2) is 30.3 Å². The van der Waals surface area contributed by atoms with Gasteiger partial charge in [0.15, 0.2) is 0 Å². The van der Waals surface area contributed by atoms with E-state index in [1.165, 1.54) is 5.56 Å². The van der Waals surface area contributed by atoms with E-state index in [9.17, 15) is 4.79 Å². The number of hydrogen-bond acceptors (Lipinski definition) is 3. The van der Waals surface area contributed by atoms with Crippen molar-refractivity contribution in [3.8, 4) is 0 Å². The number of carbonyl (C=O) groups is 1. The summed E-state index contributed by atoms with van der Waals surface area (Å²) in [7, 11) is 1.64. The largest absolute Gasteiger partial charge is 0.383 e. The zero-order chi connectivity index (χ0) is 16.0. The highest BCUT2D eigenvalue weighted by Gasteiger charge is 2.36. The molecule has 1 saturated heterocycles. The normalized spacial score (nSPS) is 18.8. The minimum Gasteiger partial charge on any atom is -0.383 e. The number of ether oxygens (including phenoxy) is 1. The van der Waals surface area contributed by atoms with E-state index in [2.05, 4.69) is 29.6 Å². The molecule has 1 fully saturated rings. The molecule has 0 unspecified atom stereocenters. The van der Waals surface area contributed by atoms with E-state index in [1.54, 1.807) is 7.11 Å². The highest BCUT2D eigenvalue weighted by atomic mass is 16.5. The summed E-state index contributed by atoms with van der Waals surface area (Å²) in [6.07, 6.45) is 1.80. The summed E-state index contributed by atoms with van der Waals surface area (Å²) in [5.41, 5.74) is 7.36. The third kappa shape index (κ3) is 3.78.